The van der Waals surface area contributed by atoms with Crippen molar-refractivity contribution in [2.75, 3.05) is 26.4 Å². The van der Waals surface area contributed by atoms with Crippen LogP contribution >= 0.6 is 0 Å². The number of esters is 1. The number of nitrogens with zero attached hydrogens (tertiary/aromatic N) is 1. The lowest BCUT2D eigenvalue weighted by molar-refractivity contribution is -0.444. The van der Waals surface area contributed by atoms with E-state index >= 15 is 0 Å². The van der Waals surface area contributed by atoms with Crippen molar-refractivity contribution in [3.05, 3.63) is 23.8 Å². The first-order chi connectivity index (χ1) is 16.1. The molecule has 0 aromatic heterocycles. The number of unbranched alkanes of at least 4 members (excludes halogenated alkanes) is 2. The molecule has 1 aliphatic heterocycles. The van der Waals surface area contributed by atoms with Crippen molar-refractivity contribution in [1.29, 1.82) is 0 Å². The van der Waals surface area contributed by atoms with Crippen LogP contribution in [0.4, 0.5) is 5.69 Å². The lowest BCUT2D eigenvalue weighted by atomic mass is 9.76. The van der Waals surface area contributed by atoms with Gasteiger partial charge in [0.05, 0.1) is 23.3 Å². The van der Waals surface area contributed by atoms with Gasteiger partial charge < -0.3 is 18.8 Å². The van der Waals surface area contributed by atoms with Gasteiger partial charge in [0.2, 0.25) is 5.69 Å². The Hall–Kier alpha value is -1.81. The van der Waals surface area contributed by atoms with E-state index in [1.165, 1.54) is 12.1 Å². The molecular weight excluding hydrogens is 458 g/mol. The van der Waals surface area contributed by atoms with E-state index in [4.69, 9.17) is 14.2 Å². The summed E-state index contributed by atoms with van der Waals surface area (Å²) in [6.45, 7) is 11.9. The molecule has 0 fully saturated rings. The predicted molar refractivity (Wildman–Crippen MR) is 129 cm³/mol. The molecule has 2 rings (SSSR count). The van der Waals surface area contributed by atoms with Crippen molar-refractivity contribution in [3.8, 4) is 0 Å². The van der Waals surface area contributed by atoms with Crippen LogP contribution in [0.3, 0.4) is 0 Å². The Morgan fingerprint density at radius 2 is 1.76 bits per heavy atom. The van der Waals surface area contributed by atoms with Gasteiger partial charge in [-0.05, 0) is 52.7 Å². The van der Waals surface area contributed by atoms with E-state index < -0.39 is 15.5 Å². The fraction of sp³-hybridized carbons (Fsp3) is 0.680. The van der Waals surface area contributed by atoms with Crippen molar-refractivity contribution in [2.45, 2.75) is 89.7 Å². The van der Waals surface area contributed by atoms with Crippen LogP contribution in [0.5, 0.6) is 0 Å². The van der Waals surface area contributed by atoms with Gasteiger partial charge in [0.25, 0.3) is 0 Å². The summed E-state index contributed by atoms with van der Waals surface area (Å²) in [6.07, 6.45) is 3.95. The fourth-order valence-electron chi connectivity index (χ4n) is 4.60. The smallest absolute Gasteiger partial charge is 0.305 e. The molecule has 34 heavy (non-hydrogen) atoms. The van der Waals surface area contributed by atoms with E-state index in [1.54, 1.807) is 13.0 Å². The van der Waals surface area contributed by atoms with Crippen molar-refractivity contribution in [3.63, 3.8) is 0 Å². The molecule has 0 aliphatic carbocycles. The van der Waals surface area contributed by atoms with Crippen molar-refractivity contribution >= 4 is 27.5 Å². The summed E-state index contributed by atoms with van der Waals surface area (Å²) in [7, 11) is -4.56. The highest BCUT2D eigenvalue weighted by atomic mass is 32.2. The summed E-state index contributed by atoms with van der Waals surface area (Å²) >= 11 is 0. The predicted octanol–water partition coefficient (Wildman–Crippen LogP) is 4.27. The first-order valence-electron chi connectivity index (χ1n) is 12.2. The summed E-state index contributed by atoms with van der Waals surface area (Å²) in [5.41, 5.74) is 2.43. The second-order valence-electron chi connectivity index (χ2n) is 8.70. The van der Waals surface area contributed by atoms with E-state index in [2.05, 4.69) is 18.4 Å². The maximum atomic E-state index is 11.7. The molecule has 9 heteroatoms. The third-order valence-corrected chi connectivity index (χ3v) is 7.33. The van der Waals surface area contributed by atoms with E-state index in [1.807, 2.05) is 13.8 Å². The number of carbonyl (C=O) groups is 1. The van der Waals surface area contributed by atoms with Crippen LogP contribution in [0.2, 0.25) is 0 Å². The molecule has 192 valence electrons. The van der Waals surface area contributed by atoms with Crippen LogP contribution < -0.4 is 0 Å². The summed E-state index contributed by atoms with van der Waals surface area (Å²) in [5.74, 6) is -0.183. The maximum absolute atomic E-state index is 11.7. The minimum absolute atomic E-state index is 0.183. The van der Waals surface area contributed by atoms with Gasteiger partial charge >= 0.3 is 5.97 Å². The summed E-state index contributed by atoms with van der Waals surface area (Å²) in [5, 5.41) is 0. The molecule has 1 atom stereocenters. The summed E-state index contributed by atoms with van der Waals surface area (Å²) < 4.78 is 53.7. The van der Waals surface area contributed by atoms with Gasteiger partial charge in [-0.1, -0.05) is 12.8 Å². The van der Waals surface area contributed by atoms with Gasteiger partial charge in [-0.3, -0.25) is 4.79 Å². The average molecular weight is 498 g/mol. The van der Waals surface area contributed by atoms with E-state index in [-0.39, 0.29) is 17.2 Å². The summed E-state index contributed by atoms with van der Waals surface area (Å²) in [4.78, 5) is 11.4. The lowest BCUT2D eigenvalue weighted by Crippen LogP contribution is -2.31. The van der Waals surface area contributed by atoms with Gasteiger partial charge in [-0.2, -0.15) is 4.58 Å². The van der Waals surface area contributed by atoms with Crippen LogP contribution in [-0.4, -0.2) is 61.9 Å². The zero-order valence-corrected chi connectivity index (χ0v) is 21.9. The largest absolute Gasteiger partial charge is 0.744 e. The second kappa shape index (κ2) is 12.8. The van der Waals surface area contributed by atoms with E-state index in [0.717, 1.165) is 42.6 Å². The minimum Gasteiger partial charge on any atom is -0.744 e. The highest BCUT2D eigenvalue weighted by Crippen LogP contribution is 2.44. The molecule has 1 aromatic rings. The first kappa shape index (κ1) is 28.4. The third-order valence-electron chi connectivity index (χ3n) is 6.50. The molecule has 0 amide bonds. The minimum atomic E-state index is -4.56. The molecule has 0 N–H and O–H groups in total. The van der Waals surface area contributed by atoms with Gasteiger partial charge in [0, 0.05) is 38.2 Å². The Bertz CT molecular complexity index is 967. The Morgan fingerprint density at radius 1 is 1.09 bits per heavy atom. The molecular formula is C25H39NO7S. The quantitative estimate of drug-likeness (QED) is 0.117. The fourth-order valence-corrected chi connectivity index (χ4v) is 5.10. The van der Waals surface area contributed by atoms with Gasteiger partial charge in [0.1, 0.15) is 10.1 Å². The van der Waals surface area contributed by atoms with Gasteiger partial charge in [-0.15, -0.1) is 0 Å². The molecule has 0 saturated heterocycles. The van der Waals surface area contributed by atoms with Crippen molar-refractivity contribution in [1.82, 2.24) is 0 Å². The highest BCUT2D eigenvalue weighted by Gasteiger charge is 2.46. The SMILES string of the molecule is CCOC(=O)CCCCCC1(C)C(C)=[N+](CCC(OCC)OCC)c2ccc(S(=O)(=O)[O-])cc21. The number of rotatable bonds is 15. The van der Waals surface area contributed by atoms with E-state index in [9.17, 15) is 17.8 Å². The van der Waals surface area contributed by atoms with Gasteiger partial charge in [-0.25, -0.2) is 8.42 Å². The molecule has 0 saturated carbocycles. The molecule has 0 spiro atoms. The molecule has 1 heterocycles. The second-order valence-corrected chi connectivity index (χ2v) is 10.1. The third kappa shape index (κ3) is 7.10. The van der Waals surface area contributed by atoms with Crippen molar-refractivity contribution in [2.24, 2.45) is 0 Å². The Morgan fingerprint density at radius 3 is 2.35 bits per heavy atom. The average Bonchev–Trinajstić information content (AvgIpc) is 2.98. The van der Waals surface area contributed by atoms with Crippen LogP contribution in [0.1, 0.15) is 78.7 Å². The summed E-state index contributed by atoms with van der Waals surface area (Å²) in [6, 6.07) is 4.64. The number of fused-ring (bicyclic) bond motifs is 1. The molecule has 8 nitrogen and oxygen atoms in total. The molecule has 1 aromatic carbocycles. The topological polar surface area (TPSA) is 105 Å². The van der Waals surface area contributed by atoms with Crippen LogP contribution in [-0.2, 0) is 34.5 Å². The lowest BCUT2D eigenvalue weighted by Gasteiger charge is -2.23. The number of hydrogen-bond donors (Lipinski definition) is 0. The molecule has 1 aliphatic rings. The van der Waals surface area contributed by atoms with Gasteiger partial charge in [0.15, 0.2) is 18.5 Å². The standard InChI is InChI=1S/C25H39NO7S/c1-6-31-23(27)12-10-9-11-16-25(5)19(4)26(17-15-24(32-7-2)33-8-3)22-14-13-20(18-21(22)25)34(28,29)30/h13-14,18,24H,6-12,15-17H2,1-5H3. The van der Waals surface area contributed by atoms with Crippen LogP contribution in [0.15, 0.2) is 23.1 Å². The first-order valence-corrected chi connectivity index (χ1v) is 13.6. The number of benzene rings is 1. The normalized spacial score (nSPS) is 18.0. The number of hydrogen-bond acceptors (Lipinski definition) is 7. The van der Waals surface area contributed by atoms with Crippen LogP contribution in [0.25, 0.3) is 0 Å². The maximum Gasteiger partial charge on any atom is 0.305 e. The monoisotopic (exact) mass is 497 g/mol. The molecule has 0 radical (unpaired) electrons. The Labute approximate surface area is 204 Å². The molecule has 0 bridgehead atoms. The zero-order chi connectivity index (χ0) is 25.4. The Kier molecular flexibility index (Phi) is 10.7. The highest BCUT2D eigenvalue weighted by molar-refractivity contribution is 7.85. The van der Waals surface area contributed by atoms with E-state index in [0.29, 0.717) is 39.2 Å². The Balaban J connectivity index is 2.26. The molecule has 1 unspecified atom stereocenters. The number of carbonyl (C=O) groups excluding carboxylic acids is 1. The zero-order valence-electron chi connectivity index (χ0n) is 21.1. The van der Waals surface area contributed by atoms with Crippen LogP contribution in [0, 0.1) is 0 Å². The van der Waals surface area contributed by atoms with Crippen molar-refractivity contribution < 1.29 is 36.6 Å². The number of ether oxygens (including phenoxy) is 3.